The van der Waals surface area contributed by atoms with Crippen molar-refractivity contribution in [1.82, 2.24) is 9.80 Å². The van der Waals surface area contributed by atoms with Gasteiger partial charge in [0, 0.05) is 39.5 Å². The highest BCUT2D eigenvalue weighted by Crippen LogP contribution is 2.21. The maximum absolute atomic E-state index is 12.9. The number of hydrogen-bond donors (Lipinski definition) is 3. The molecule has 3 rings (SSSR count). The van der Waals surface area contributed by atoms with Gasteiger partial charge in [0.1, 0.15) is 12.4 Å². The zero-order chi connectivity index (χ0) is 24.6. The number of ether oxygens (including phenoxy) is 1. The van der Waals surface area contributed by atoms with Gasteiger partial charge in [0.2, 0.25) is 5.91 Å². The monoisotopic (exact) mass is 465 g/mol. The van der Waals surface area contributed by atoms with Crippen molar-refractivity contribution in [1.29, 1.82) is 0 Å². The highest BCUT2D eigenvalue weighted by molar-refractivity contribution is 5.79. The Morgan fingerprint density at radius 1 is 0.970 bits per heavy atom. The molecule has 1 unspecified atom stereocenters. The molecule has 1 aromatic rings. The fraction of sp³-hybridized carbons (Fsp3) is 0.625. The topological polar surface area (TPSA) is 133 Å². The molecule has 4 N–H and O–H groups in total. The van der Waals surface area contributed by atoms with Crippen LogP contribution in [0, 0.1) is 0 Å². The summed E-state index contributed by atoms with van der Waals surface area (Å²) in [6.45, 7) is 7.55. The van der Waals surface area contributed by atoms with E-state index in [9.17, 15) is 4.79 Å². The van der Waals surface area contributed by atoms with Crippen LogP contribution in [0.2, 0.25) is 0 Å². The first-order valence-corrected chi connectivity index (χ1v) is 11.6. The number of carbonyl (C=O) groups excluding carboxylic acids is 1. The van der Waals surface area contributed by atoms with Gasteiger partial charge in [-0.05, 0) is 62.9 Å². The van der Waals surface area contributed by atoms with Gasteiger partial charge in [-0.2, -0.15) is 0 Å². The lowest BCUT2D eigenvalue weighted by Gasteiger charge is -2.38. The Morgan fingerprint density at radius 2 is 1.52 bits per heavy atom. The molecule has 2 fully saturated rings. The quantitative estimate of drug-likeness (QED) is 0.558. The van der Waals surface area contributed by atoms with Crippen LogP contribution < -0.4 is 10.5 Å². The third-order valence-corrected chi connectivity index (χ3v) is 5.28. The van der Waals surface area contributed by atoms with Crippen LogP contribution in [0.3, 0.4) is 0 Å². The first-order valence-electron chi connectivity index (χ1n) is 11.6. The molecule has 1 aromatic carbocycles. The number of carboxylic acids is 2. The van der Waals surface area contributed by atoms with Crippen molar-refractivity contribution < 1.29 is 29.3 Å². The molecule has 186 valence electrons. The third kappa shape index (κ3) is 12.8. The van der Waals surface area contributed by atoms with Crippen molar-refractivity contribution in [3.05, 3.63) is 29.8 Å². The van der Waals surface area contributed by atoms with E-state index in [1.54, 1.807) is 0 Å². The summed E-state index contributed by atoms with van der Waals surface area (Å²) in [6, 6.07) is 8.23. The minimum absolute atomic E-state index is 0.263. The van der Waals surface area contributed by atoms with Crippen LogP contribution in [0.5, 0.6) is 5.75 Å². The van der Waals surface area contributed by atoms with Crippen molar-refractivity contribution in [3.63, 3.8) is 0 Å². The molecule has 9 heteroatoms. The van der Waals surface area contributed by atoms with E-state index in [2.05, 4.69) is 9.80 Å². The summed E-state index contributed by atoms with van der Waals surface area (Å²) < 4.78 is 5.50. The van der Waals surface area contributed by atoms with Crippen LogP contribution in [0.25, 0.3) is 0 Å². The molecular weight excluding hydrogens is 426 g/mol. The molecule has 2 heterocycles. The standard InChI is InChI=1S/C20H31N3O2.2C2H4O2/c21-10-14-25-19-8-6-17(7-9-19)15-20(24)23-13-2-1-5-18(23)16-22-11-3-4-12-22;2*1-2(3)4/h6-9,18H,1-5,10-16,21H2;2*1H3,(H,3,4). The van der Waals surface area contributed by atoms with Gasteiger partial charge in [0.15, 0.2) is 0 Å². The fourth-order valence-corrected chi connectivity index (χ4v) is 3.94. The zero-order valence-electron chi connectivity index (χ0n) is 19.9. The zero-order valence-corrected chi connectivity index (χ0v) is 19.9. The number of likely N-dealkylation sites (tertiary alicyclic amines) is 2. The Labute approximate surface area is 196 Å². The van der Waals surface area contributed by atoms with Crippen molar-refractivity contribution in [2.45, 2.75) is 58.4 Å². The van der Waals surface area contributed by atoms with Crippen molar-refractivity contribution in [3.8, 4) is 5.75 Å². The summed E-state index contributed by atoms with van der Waals surface area (Å²) in [5.41, 5.74) is 6.50. The number of amides is 1. The number of nitrogens with zero attached hydrogens (tertiary/aromatic N) is 2. The average molecular weight is 466 g/mol. The first-order chi connectivity index (χ1) is 15.7. The molecule has 0 aliphatic carbocycles. The second kappa shape index (κ2) is 16.0. The summed E-state index contributed by atoms with van der Waals surface area (Å²) >= 11 is 0. The number of rotatable bonds is 7. The summed E-state index contributed by atoms with van der Waals surface area (Å²) in [6.07, 6.45) is 6.61. The number of aliphatic carboxylic acids is 2. The van der Waals surface area contributed by atoms with Crippen molar-refractivity contribution >= 4 is 17.8 Å². The van der Waals surface area contributed by atoms with E-state index in [0.717, 1.165) is 51.1 Å². The van der Waals surface area contributed by atoms with E-state index in [1.807, 2.05) is 24.3 Å². The van der Waals surface area contributed by atoms with Crippen LogP contribution >= 0.6 is 0 Å². The normalized spacial score (nSPS) is 17.8. The highest BCUT2D eigenvalue weighted by Gasteiger charge is 2.28. The van der Waals surface area contributed by atoms with Crippen LogP contribution in [0.15, 0.2) is 24.3 Å². The molecule has 1 atom stereocenters. The van der Waals surface area contributed by atoms with E-state index < -0.39 is 11.9 Å². The molecule has 9 nitrogen and oxygen atoms in total. The second-order valence-electron chi connectivity index (χ2n) is 8.24. The maximum atomic E-state index is 12.9. The van der Waals surface area contributed by atoms with Crippen LogP contribution in [-0.2, 0) is 20.8 Å². The predicted octanol–water partition coefficient (Wildman–Crippen LogP) is 2.23. The van der Waals surface area contributed by atoms with Crippen LogP contribution in [0.4, 0.5) is 0 Å². The molecule has 2 aliphatic rings. The molecular formula is C24H39N3O6. The second-order valence-corrected chi connectivity index (χ2v) is 8.24. The van der Waals surface area contributed by atoms with Gasteiger partial charge in [-0.3, -0.25) is 14.4 Å². The molecule has 0 bridgehead atoms. The fourth-order valence-electron chi connectivity index (χ4n) is 3.94. The molecule has 0 aromatic heterocycles. The number of hydrogen-bond acceptors (Lipinski definition) is 6. The molecule has 0 radical (unpaired) electrons. The average Bonchev–Trinajstić information content (AvgIpc) is 3.26. The lowest BCUT2D eigenvalue weighted by atomic mass is 10.00. The molecule has 2 saturated heterocycles. The number of piperidine rings is 1. The van der Waals surface area contributed by atoms with Gasteiger partial charge in [0.05, 0.1) is 6.42 Å². The van der Waals surface area contributed by atoms with E-state index in [4.69, 9.17) is 30.3 Å². The Hall–Kier alpha value is -2.65. The van der Waals surface area contributed by atoms with E-state index in [1.165, 1.54) is 32.4 Å². The predicted molar refractivity (Wildman–Crippen MR) is 126 cm³/mol. The van der Waals surface area contributed by atoms with Gasteiger partial charge in [-0.1, -0.05) is 12.1 Å². The van der Waals surface area contributed by atoms with Crippen LogP contribution in [-0.4, -0.2) is 83.2 Å². The van der Waals surface area contributed by atoms with E-state index in [0.29, 0.717) is 25.6 Å². The van der Waals surface area contributed by atoms with Gasteiger partial charge in [0.25, 0.3) is 11.9 Å². The van der Waals surface area contributed by atoms with Crippen molar-refractivity contribution in [2.24, 2.45) is 5.73 Å². The number of benzene rings is 1. The van der Waals surface area contributed by atoms with Gasteiger partial charge < -0.3 is 30.5 Å². The summed E-state index contributed by atoms with van der Waals surface area (Å²) in [5.74, 6) is -0.592. The molecule has 0 saturated carbocycles. The van der Waals surface area contributed by atoms with Crippen LogP contribution in [0.1, 0.15) is 51.5 Å². The summed E-state index contributed by atoms with van der Waals surface area (Å²) in [7, 11) is 0. The highest BCUT2D eigenvalue weighted by atomic mass is 16.5. The SMILES string of the molecule is CC(=O)O.CC(=O)O.NCCOc1ccc(CC(=O)N2CCCCC2CN2CCCC2)cc1. The smallest absolute Gasteiger partial charge is 0.300 e. The minimum Gasteiger partial charge on any atom is -0.492 e. The number of carbonyl (C=O) groups is 3. The van der Waals surface area contributed by atoms with Gasteiger partial charge in [-0.15, -0.1) is 0 Å². The largest absolute Gasteiger partial charge is 0.492 e. The van der Waals surface area contributed by atoms with Gasteiger partial charge >= 0.3 is 0 Å². The Balaban J connectivity index is 0.000000591. The van der Waals surface area contributed by atoms with Gasteiger partial charge in [-0.25, -0.2) is 0 Å². The Kier molecular flexibility index (Phi) is 13.8. The summed E-state index contributed by atoms with van der Waals surface area (Å²) in [5, 5.41) is 14.8. The molecule has 2 aliphatic heterocycles. The Morgan fingerprint density at radius 3 is 2.06 bits per heavy atom. The number of carboxylic acid groups (broad SMARTS) is 2. The first kappa shape index (κ1) is 28.4. The third-order valence-electron chi connectivity index (χ3n) is 5.28. The maximum Gasteiger partial charge on any atom is 0.300 e. The molecule has 33 heavy (non-hydrogen) atoms. The molecule has 1 amide bonds. The molecule has 0 spiro atoms. The summed E-state index contributed by atoms with van der Waals surface area (Å²) in [4.78, 5) is 35.5. The Bertz CT molecular complexity index is 699. The van der Waals surface area contributed by atoms with E-state index >= 15 is 0 Å². The minimum atomic E-state index is -0.833. The number of nitrogens with two attached hydrogens (primary N) is 1. The lowest BCUT2D eigenvalue weighted by Crippen LogP contribution is -2.49. The van der Waals surface area contributed by atoms with E-state index in [-0.39, 0.29) is 5.91 Å². The van der Waals surface area contributed by atoms with Crippen molar-refractivity contribution in [2.75, 3.05) is 39.3 Å². The lowest BCUT2D eigenvalue weighted by molar-refractivity contribution is -0.135.